The molecule has 6 heteroatoms. The van der Waals surface area contributed by atoms with Crippen molar-refractivity contribution in [3.05, 3.63) is 0 Å². The summed E-state index contributed by atoms with van der Waals surface area (Å²) in [4.78, 5) is 27.4. The van der Waals surface area contributed by atoms with E-state index in [4.69, 9.17) is 0 Å². The number of carbonyl (C=O) groups is 2. The van der Waals surface area contributed by atoms with E-state index in [1.165, 1.54) is 0 Å². The number of hydrogen-bond acceptors (Lipinski definition) is 3. The van der Waals surface area contributed by atoms with Crippen molar-refractivity contribution in [1.82, 2.24) is 15.1 Å². The first-order valence-electron chi connectivity index (χ1n) is 7.66. The molecule has 2 aliphatic rings. The number of carboxylic acids is 1. The highest BCUT2D eigenvalue weighted by Gasteiger charge is 2.37. The SMILES string of the molecule is CCCN(C(=O)N1CCC[C@H]1C(=O)O)C1CCNCC1. The van der Waals surface area contributed by atoms with E-state index in [1.807, 2.05) is 4.90 Å². The van der Waals surface area contributed by atoms with Gasteiger partial charge < -0.3 is 20.2 Å². The molecule has 2 amide bonds. The lowest BCUT2D eigenvalue weighted by molar-refractivity contribution is -0.141. The second kappa shape index (κ2) is 6.92. The predicted octanol–water partition coefficient (Wildman–Crippen LogP) is 1.12. The molecule has 20 heavy (non-hydrogen) atoms. The monoisotopic (exact) mass is 283 g/mol. The Bertz CT molecular complexity index is 356. The molecule has 2 N–H and O–H groups in total. The van der Waals surface area contributed by atoms with Crippen LogP contribution >= 0.6 is 0 Å². The van der Waals surface area contributed by atoms with Gasteiger partial charge in [0.05, 0.1) is 0 Å². The van der Waals surface area contributed by atoms with E-state index in [0.29, 0.717) is 19.5 Å². The number of urea groups is 1. The van der Waals surface area contributed by atoms with Gasteiger partial charge in [-0.25, -0.2) is 9.59 Å². The third kappa shape index (κ3) is 3.23. The molecule has 6 nitrogen and oxygen atoms in total. The van der Waals surface area contributed by atoms with Gasteiger partial charge in [0.2, 0.25) is 0 Å². The summed E-state index contributed by atoms with van der Waals surface area (Å²) >= 11 is 0. The molecule has 2 rings (SSSR count). The van der Waals surface area contributed by atoms with Gasteiger partial charge in [0.25, 0.3) is 0 Å². The fourth-order valence-electron chi connectivity index (χ4n) is 3.21. The molecule has 0 unspecified atom stereocenters. The highest BCUT2D eigenvalue weighted by molar-refractivity contribution is 5.83. The van der Waals surface area contributed by atoms with Crippen molar-refractivity contribution in [1.29, 1.82) is 0 Å². The summed E-state index contributed by atoms with van der Waals surface area (Å²) < 4.78 is 0. The van der Waals surface area contributed by atoms with Gasteiger partial charge in [0.15, 0.2) is 0 Å². The van der Waals surface area contributed by atoms with E-state index >= 15 is 0 Å². The molecular formula is C14H25N3O3. The van der Waals surface area contributed by atoms with Gasteiger partial charge in [0.1, 0.15) is 6.04 Å². The van der Waals surface area contributed by atoms with Gasteiger partial charge in [-0.05, 0) is 45.2 Å². The van der Waals surface area contributed by atoms with Gasteiger partial charge in [-0.2, -0.15) is 0 Å². The van der Waals surface area contributed by atoms with Crippen molar-refractivity contribution in [2.75, 3.05) is 26.2 Å². The quantitative estimate of drug-likeness (QED) is 0.811. The lowest BCUT2D eigenvalue weighted by atomic mass is 10.0. The van der Waals surface area contributed by atoms with E-state index in [-0.39, 0.29) is 12.1 Å². The maximum atomic E-state index is 12.7. The van der Waals surface area contributed by atoms with E-state index < -0.39 is 12.0 Å². The van der Waals surface area contributed by atoms with E-state index in [0.717, 1.165) is 38.8 Å². The Hall–Kier alpha value is -1.30. The summed E-state index contributed by atoms with van der Waals surface area (Å²) in [6.45, 7) is 5.20. The van der Waals surface area contributed by atoms with Gasteiger partial charge in [-0.1, -0.05) is 6.92 Å². The minimum Gasteiger partial charge on any atom is -0.480 e. The standard InChI is InChI=1S/C14H25N3O3/c1-2-9-16(11-5-7-15-8-6-11)14(20)17-10-3-4-12(17)13(18)19/h11-12,15H,2-10H2,1H3,(H,18,19)/t12-/m0/s1. The summed E-state index contributed by atoms with van der Waals surface area (Å²) in [5.41, 5.74) is 0. The van der Waals surface area contributed by atoms with Gasteiger partial charge >= 0.3 is 12.0 Å². The Morgan fingerprint density at radius 2 is 2.00 bits per heavy atom. The number of amides is 2. The van der Waals surface area contributed by atoms with Crippen molar-refractivity contribution in [3.63, 3.8) is 0 Å². The number of nitrogens with one attached hydrogen (secondary N) is 1. The van der Waals surface area contributed by atoms with Crippen LogP contribution in [0.15, 0.2) is 0 Å². The number of carbonyl (C=O) groups excluding carboxylic acids is 1. The van der Waals surface area contributed by atoms with Crippen molar-refractivity contribution < 1.29 is 14.7 Å². The lowest BCUT2D eigenvalue weighted by Crippen LogP contribution is -2.53. The summed E-state index contributed by atoms with van der Waals surface area (Å²) in [5, 5.41) is 12.5. The number of nitrogens with zero attached hydrogens (tertiary/aromatic N) is 2. The fraction of sp³-hybridized carbons (Fsp3) is 0.857. The Balaban J connectivity index is 2.07. The van der Waals surface area contributed by atoms with Crippen LogP contribution in [0.3, 0.4) is 0 Å². The van der Waals surface area contributed by atoms with Crippen LogP contribution in [0.5, 0.6) is 0 Å². The van der Waals surface area contributed by atoms with Crippen LogP contribution in [-0.4, -0.2) is 65.2 Å². The van der Waals surface area contributed by atoms with Crippen LogP contribution < -0.4 is 5.32 Å². The van der Waals surface area contributed by atoms with Crippen LogP contribution in [-0.2, 0) is 4.79 Å². The molecule has 2 aliphatic heterocycles. The molecule has 2 fully saturated rings. The van der Waals surface area contributed by atoms with Crippen LogP contribution in [0, 0.1) is 0 Å². The molecule has 2 heterocycles. The smallest absolute Gasteiger partial charge is 0.326 e. The topological polar surface area (TPSA) is 72.9 Å². The van der Waals surface area contributed by atoms with Crippen LogP contribution in [0.2, 0.25) is 0 Å². The summed E-state index contributed by atoms with van der Waals surface area (Å²) in [6, 6.07) is -0.467. The zero-order valence-electron chi connectivity index (χ0n) is 12.2. The zero-order chi connectivity index (χ0) is 14.5. The summed E-state index contributed by atoms with van der Waals surface area (Å²) in [7, 11) is 0. The maximum absolute atomic E-state index is 12.7. The third-order valence-corrected chi connectivity index (χ3v) is 4.24. The second-order valence-corrected chi connectivity index (χ2v) is 5.65. The Morgan fingerprint density at radius 3 is 2.60 bits per heavy atom. The van der Waals surface area contributed by atoms with Gasteiger partial charge in [-0.15, -0.1) is 0 Å². The van der Waals surface area contributed by atoms with Crippen LogP contribution in [0.4, 0.5) is 4.79 Å². The number of aliphatic carboxylic acids is 1. The third-order valence-electron chi connectivity index (χ3n) is 4.24. The average molecular weight is 283 g/mol. The second-order valence-electron chi connectivity index (χ2n) is 5.65. The Kier molecular flexibility index (Phi) is 5.23. The van der Waals surface area contributed by atoms with E-state index in [2.05, 4.69) is 12.2 Å². The van der Waals surface area contributed by atoms with Crippen LogP contribution in [0.1, 0.15) is 39.0 Å². The van der Waals surface area contributed by atoms with E-state index in [1.54, 1.807) is 4.90 Å². The first-order chi connectivity index (χ1) is 9.65. The first-order valence-corrected chi connectivity index (χ1v) is 7.66. The summed E-state index contributed by atoms with van der Waals surface area (Å²) in [5.74, 6) is -0.877. The van der Waals surface area contributed by atoms with E-state index in [9.17, 15) is 14.7 Å². The molecule has 0 aliphatic carbocycles. The number of hydrogen-bond donors (Lipinski definition) is 2. The molecule has 2 saturated heterocycles. The molecule has 1 atom stereocenters. The molecule has 0 spiro atoms. The number of carboxylic acid groups (broad SMARTS) is 1. The normalized spacial score (nSPS) is 23.9. The highest BCUT2D eigenvalue weighted by Crippen LogP contribution is 2.22. The molecular weight excluding hydrogens is 258 g/mol. The maximum Gasteiger partial charge on any atom is 0.326 e. The number of likely N-dealkylation sites (tertiary alicyclic amines) is 1. The Labute approximate surface area is 120 Å². The largest absolute Gasteiger partial charge is 0.480 e. The molecule has 114 valence electrons. The zero-order valence-corrected chi connectivity index (χ0v) is 12.2. The van der Waals surface area contributed by atoms with Crippen molar-refractivity contribution in [2.45, 2.75) is 51.1 Å². The average Bonchev–Trinajstić information content (AvgIpc) is 2.94. The van der Waals surface area contributed by atoms with Crippen molar-refractivity contribution in [2.24, 2.45) is 0 Å². The first kappa shape index (κ1) is 15.1. The van der Waals surface area contributed by atoms with Crippen molar-refractivity contribution in [3.8, 4) is 0 Å². The molecule has 0 aromatic rings. The molecule has 0 radical (unpaired) electrons. The predicted molar refractivity (Wildman–Crippen MR) is 75.6 cm³/mol. The number of rotatable bonds is 4. The van der Waals surface area contributed by atoms with Crippen LogP contribution in [0.25, 0.3) is 0 Å². The van der Waals surface area contributed by atoms with Gasteiger partial charge in [0, 0.05) is 19.1 Å². The minimum absolute atomic E-state index is 0.0800. The minimum atomic E-state index is -0.877. The number of piperidine rings is 1. The highest BCUT2D eigenvalue weighted by atomic mass is 16.4. The molecule has 0 saturated carbocycles. The van der Waals surface area contributed by atoms with Crippen molar-refractivity contribution >= 4 is 12.0 Å². The lowest BCUT2D eigenvalue weighted by Gasteiger charge is -2.38. The van der Waals surface area contributed by atoms with Gasteiger partial charge in [-0.3, -0.25) is 0 Å². The summed E-state index contributed by atoms with van der Waals surface area (Å²) in [6.07, 6.45) is 4.18. The Morgan fingerprint density at radius 1 is 1.30 bits per heavy atom. The molecule has 0 aromatic heterocycles. The fourth-order valence-corrected chi connectivity index (χ4v) is 3.21. The molecule has 0 aromatic carbocycles. The molecule has 0 bridgehead atoms.